The molecule has 0 saturated carbocycles. The van der Waals surface area contributed by atoms with Crippen LogP contribution in [-0.4, -0.2) is 25.3 Å². The molecule has 2 rings (SSSR count). The Bertz CT molecular complexity index is 349. The van der Waals surface area contributed by atoms with Gasteiger partial charge in [0.2, 0.25) is 0 Å². The van der Waals surface area contributed by atoms with Crippen molar-refractivity contribution < 1.29 is 4.74 Å². The Labute approximate surface area is 122 Å². The molecule has 2 atom stereocenters. The van der Waals surface area contributed by atoms with Crippen molar-refractivity contribution in [1.82, 2.24) is 5.32 Å². The Morgan fingerprint density at radius 2 is 2.50 bits per heavy atom. The zero-order valence-corrected chi connectivity index (χ0v) is 13.4. The highest BCUT2D eigenvalue weighted by Gasteiger charge is 2.18. The summed E-state index contributed by atoms with van der Waals surface area (Å²) in [5, 5.41) is 5.77. The number of ether oxygens (including phenoxy) is 1. The predicted molar refractivity (Wildman–Crippen MR) is 81.4 cm³/mol. The Morgan fingerprint density at radius 1 is 1.61 bits per heavy atom. The lowest BCUT2D eigenvalue weighted by Crippen LogP contribution is -2.31. The monoisotopic (exact) mass is 331 g/mol. The van der Waals surface area contributed by atoms with Gasteiger partial charge in [-0.15, -0.1) is 11.3 Å². The van der Waals surface area contributed by atoms with Crippen LogP contribution < -0.4 is 5.32 Å². The van der Waals surface area contributed by atoms with Gasteiger partial charge in [0, 0.05) is 27.4 Å². The highest BCUT2D eigenvalue weighted by molar-refractivity contribution is 9.10. The van der Waals surface area contributed by atoms with E-state index in [-0.39, 0.29) is 0 Å². The van der Waals surface area contributed by atoms with Gasteiger partial charge in [-0.25, -0.2) is 0 Å². The standard InChI is InChI=1S/C14H22BrNOS/c1-2-16-12(5-6-13-4-3-7-17-13)9-14-8-11(15)10-18-14/h8,10,12-13,16H,2-7,9H2,1H3. The van der Waals surface area contributed by atoms with Crippen molar-refractivity contribution in [2.45, 2.75) is 51.2 Å². The SMILES string of the molecule is CCNC(CCC1CCCO1)Cc1cc(Br)cs1. The molecular formula is C14H22BrNOS. The van der Waals surface area contributed by atoms with Gasteiger partial charge in [0.1, 0.15) is 0 Å². The fourth-order valence-electron chi connectivity index (χ4n) is 2.53. The van der Waals surface area contributed by atoms with E-state index in [1.165, 1.54) is 35.0 Å². The topological polar surface area (TPSA) is 21.3 Å². The van der Waals surface area contributed by atoms with Gasteiger partial charge < -0.3 is 10.1 Å². The summed E-state index contributed by atoms with van der Waals surface area (Å²) in [4.78, 5) is 1.46. The van der Waals surface area contributed by atoms with Gasteiger partial charge in [-0.1, -0.05) is 6.92 Å². The molecule has 102 valence electrons. The first-order chi connectivity index (χ1) is 8.78. The molecule has 1 N–H and O–H groups in total. The van der Waals surface area contributed by atoms with Crippen LogP contribution >= 0.6 is 27.3 Å². The van der Waals surface area contributed by atoms with E-state index in [4.69, 9.17) is 4.74 Å². The third-order valence-electron chi connectivity index (χ3n) is 3.42. The number of hydrogen-bond donors (Lipinski definition) is 1. The second kappa shape index (κ2) is 7.63. The zero-order valence-electron chi connectivity index (χ0n) is 11.0. The molecule has 18 heavy (non-hydrogen) atoms. The number of halogens is 1. The maximum absolute atomic E-state index is 5.70. The van der Waals surface area contributed by atoms with E-state index in [9.17, 15) is 0 Å². The Hall–Kier alpha value is 0.1000. The first-order valence-electron chi connectivity index (χ1n) is 6.86. The molecule has 0 spiro atoms. The molecule has 0 aromatic carbocycles. The average molecular weight is 332 g/mol. The summed E-state index contributed by atoms with van der Waals surface area (Å²) in [7, 11) is 0. The van der Waals surface area contributed by atoms with Gasteiger partial charge in [-0.05, 0) is 60.6 Å². The fraction of sp³-hybridized carbons (Fsp3) is 0.714. The summed E-state index contributed by atoms with van der Waals surface area (Å²) in [5.74, 6) is 0. The van der Waals surface area contributed by atoms with Gasteiger partial charge in [-0.2, -0.15) is 0 Å². The van der Waals surface area contributed by atoms with Crippen LogP contribution in [0.25, 0.3) is 0 Å². The van der Waals surface area contributed by atoms with Crippen LogP contribution in [0.15, 0.2) is 15.9 Å². The van der Waals surface area contributed by atoms with Crippen molar-refractivity contribution in [3.63, 3.8) is 0 Å². The van der Waals surface area contributed by atoms with Crippen LogP contribution in [0.3, 0.4) is 0 Å². The predicted octanol–water partition coefficient (Wildman–Crippen LogP) is 3.99. The highest BCUT2D eigenvalue weighted by atomic mass is 79.9. The zero-order chi connectivity index (χ0) is 12.8. The molecule has 1 fully saturated rings. The van der Waals surface area contributed by atoms with E-state index in [2.05, 4.69) is 39.6 Å². The fourth-order valence-corrected chi connectivity index (χ4v) is 4.06. The number of hydrogen-bond acceptors (Lipinski definition) is 3. The summed E-state index contributed by atoms with van der Waals surface area (Å²) >= 11 is 5.37. The highest BCUT2D eigenvalue weighted by Crippen LogP contribution is 2.23. The van der Waals surface area contributed by atoms with Crippen LogP contribution in [0.1, 0.15) is 37.5 Å². The van der Waals surface area contributed by atoms with Crippen LogP contribution in [0.4, 0.5) is 0 Å². The van der Waals surface area contributed by atoms with Crippen molar-refractivity contribution in [2.24, 2.45) is 0 Å². The van der Waals surface area contributed by atoms with E-state index in [1.54, 1.807) is 0 Å². The van der Waals surface area contributed by atoms with Gasteiger partial charge in [-0.3, -0.25) is 0 Å². The molecule has 1 aliphatic heterocycles. The van der Waals surface area contributed by atoms with E-state index in [0.717, 1.165) is 19.6 Å². The molecule has 1 saturated heterocycles. The molecule has 0 radical (unpaired) electrons. The molecule has 2 heterocycles. The summed E-state index contributed by atoms with van der Waals surface area (Å²) in [6, 6.07) is 2.82. The van der Waals surface area contributed by atoms with Crippen LogP contribution in [0.5, 0.6) is 0 Å². The molecule has 2 nitrogen and oxygen atoms in total. The second-order valence-electron chi connectivity index (χ2n) is 4.90. The number of thiophene rings is 1. The minimum absolute atomic E-state index is 0.515. The third kappa shape index (κ3) is 4.65. The van der Waals surface area contributed by atoms with Gasteiger partial charge in [0.25, 0.3) is 0 Å². The summed E-state index contributed by atoms with van der Waals surface area (Å²) in [6.07, 6.45) is 6.56. The molecule has 0 amide bonds. The van der Waals surface area contributed by atoms with Crippen molar-refractivity contribution >= 4 is 27.3 Å². The van der Waals surface area contributed by atoms with E-state index >= 15 is 0 Å². The Morgan fingerprint density at radius 3 is 3.11 bits per heavy atom. The lowest BCUT2D eigenvalue weighted by atomic mass is 10.0. The molecule has 1 aliphatic rings. The van der Waals surface area contributed by atoms with E-state index < -0.39 is 0 Å². The maximum Gasteiger partial charge on any atom is 0.0576 e. The lowest BCUT2D eigenvalue weighted by Gasteiger charge is -2.19. The molecule has 0 aliphatic carbocycles. The molecular weight excluding hydrogens is 310 g/mol. The quantitative estimate of drug-likeness (QED) is 0.815. The van der Waals surface area contributed by atoms with Crippen LogP contribution in [0.2, 0.25) is 0 Å². The molecule has 2 unspecified atom stereocenters. The third-order valence-corrected chi connectivity index (χ3v) is 5.14. The maximum atomic E-state index is 5.70. The van der Waals surface area contributed by atoms with E-state index in [1.807, 2.05) is 11.3 Å². The smallest absolute Gasteiger partial charge is 0.0576 e. The van der Waals surface area contributed by atoms with E-state index in [0.29, 0.717) is 12.1 Å². The van der Waals surface area contributed by atoms with Crippen molar-refractivity contribution in [3.8, 4) is 0 Å². The molecule has 1 aromatic rings. The molecule has 0 bridgehead atoms. The summed E-state index contributed by atoms with van der Waals surface area (Å²) in [6.45, 7) is 4.19. The average Bonchev–Trinajstić information content (AvgIpc) is 2.98. The number of rotatable bonds is 7. The summed E-state index contributed by atoms with van der Waals surface area (Å²) in [5.41, 5.74) is 0. The van der Waals surface area contributed by atoms with Crippen molar-refractivity contribution in [1.29, 1.82) is 0 Å². The minimum atomic E-state index is 0.515. The lowest BCUT2D eigenvalue weighted by molar-refractivity contribution is 0.0996. The summed E-state index contributed by atoms with van der Waals surface area (Å²) < 4.78 is 6.91. The number of likely N-dealkylation sites (N-methyl/N-ethyl adjacent to an activating group) is 1. The van der Waals surface area contributed by atoms with Crippen molar-refractivity contribution in [3.05, 3.63) is 20.8 Å². The van der Waals surface area contributed by atoms with Crippen molar-refractivity contribution in [2.75, 3.05) is 13.2 Å². The van der Waals surface area contributed by atoms with Gasteiger partial charge in [0.05, 0.1) is 6.10 Å². The number of nitrogens with one attached hydrogen (secondary N) is 1. The molecule has 4 heteroatoms. The Kier molecular flexibility index (Phi) is 6.15. The van der Waals surface area contributed by atoms with Crippen LogP contribution in [-0.2, 0) is 11.2 Å². The Balaban J connectivity index is 1.79. The molecule has 1 aromatic heterocycles. The van der Waals surface area contributed by atoms with Gasteiger partial charge in [0.15, 0.2) is 0 Å². The first kappa shape index (κ1) is 14.5. The van der Waals surface area contributed by atoms with Crippen LogP contribution in [0, 0.1) is 0 Å². The minimum Gasteiger partial charge on any atom is -0.378 e. The largest absolute Gasteiger partial charge is 0.378 e. The second-order valence-corrected chi connectivity index (χ2v) is 6.81. The normalized spacial score (nSPS) is 21.3. The first-order valence-corrected chi connectivity index (χ1v) is 8.53. The van der Waals surface area contributed by atoms with Gasteiger partial charge >= 0.3 is 0 Å².